The van der Waals surface area contributed by atoms with Crippen LogP contribution in [0, 0.1) is 0 Å². The smallest absolute Gasteiger partial charge is 0.337 e. The Labute approximate surface area is 154 Å². The maximum absolute atomic E-state index is 12.5. The summed E-state index contributed by atoms with van der Waals surface area (Å²) in [5.41, 5.74) is 1.87. The SMILES string of the molecule is CC1=C(C(=O)OCCCCO)CC(c2ccccc2)(c2ccccc2)O1. The van der Waals surface area contributed by atoms with E-state index in [1.807, 2.05) is 67.6 Å². The summed E-state index contributed by atoms with van der Waals surface area (Å²) in [4.78, 5) is 12.5. The van der Waals surface area contributed by atoms with Gasteiger partial charge in [-0.3, -0.25) is 0 Å². The molecule has 0 amide bonds. The van der Waals surface area contributed by atoms with E-state index >= 15 is 0 Å². The first-order valence-electron chi connectivity index (χ1n) is 8.95. The average molecular weight is 352 g/mol. The van der Waals surface area contributed by atoms with Crippen LogP contribution in [0.2, 0.25) is 0 Å². The molecule has 2 aromatic carbocycles. The van der Waals surface area contributed by atoms with Crippen molar-refractivity contribution in [2.45, 2.75) is 31.8 Å². The first-order chi connectivity index (χ1) is 12.7. The minimum Gasteiger partial charge on any atom is -0.482 e. The number of unbranched alkanes of at least 4 members (excludes halogenated alkanes) is 1. The molecule has 1 aliphatic rings. The first-order valence-corrected chi connectivity index (χ1v) is 8.95. The van der Waals surface area contributed by atoms with Gasteiger partial charge in [-0.2, -0.15) is 0 Å². The van der Waals surface area contributed by atoms with Crippen molar-refractivity contribution in [3.05, 3.63) is 83.1 Å². The van der Waals surface area contributed by atoms with Gasteiger partial charge in [0.15, 0.2) is 5.60 Å². The van der Waals surface area contributed by atoms with Crippen molar-refractivity contribution in [2.75, 3.05) is 13.2 Å². The minimum atomic E-state index is -0.716. The lowest BCUT2D eigenvalue weighted by molar-refractivity contribution is -0.139. The molecule has 0 saturated carbocycles. The predicted molar refractivity (Wildman–Crippen MR) is 99.3 cm³/mol. The molecule has 0 saturated heterocycles. The normalized spacial score (nSPS) is 15.6. The molecule has 136 valence electrons. The standard InChI is InChI=1S/C22H24O4/c1-17-20(21(24)25-15-9-8-14-23)16-22(26-17,18-10-4-2-5-11-18)19-12-6-3-7-13-19/h2-7,10-13,23H,8-9,14-16H2,1H3. The summed E-state index contributed by atoms with van der Waals surface area (Å²) in [6.07, 6.45) is 1.71. The Balaban J connectivity index is 1.87. The van der Waals surface area contributed by atoms with Gasteiger partial charge in [0.25, 0.3) is 0 Å². The van der Waals surface area contributed by atoms with Crippen LogP contribution in [0.25, 0.3) is 0 Å². The highest BCUT2D eigenvalue weighted by Gasteiger charge is 2.45. The lowest BCUT2D eigenvalue weighted by Crippen LogP contribution is -2.28. The predicted octanol–water partition coefficient (Wildman–Crippen LogP) is 3.94. The minimum absolute atomic E-state index is 0.105. The molecule has 0 bridgehead atoms. The molecule has 0 fully saturated rings. The molecule has 4 nitrogen and oxygen atoms in total. The number of benzene rings is 2. The van der Waals surface area contributed by atoms with E-state index in [-0.39, 0.29) is 12.6 Å². The molecular formula is C22H24O4. The lowest BCUT2D eigenvalue weighted by atomic mass is 9.82. The lowest BCUT2D eigenvalue weighted by Gasteiger charge is -2.31. The highest BCUT2D eigenvalue weighted by atomic mass is 16.5. The molecule has 2 aromatic rings. The quantitative estimate of drug-likeness (QED) is 0.606. The van der Waals surface area contributed by atoms with Crippen molar-refractivity contribution in [1.82, 2.24) is 0 Å². The number of carbonyl (C=O) groups excluding carboxylic acids is 1. The van der Waals surface area contributed by atoms with E-state index in [2.05, 4.69) is 0 Å². The fraction of sp³-hybridized carbons (Fsp3) is 0.318. The van der Waals surface area contributed by atoms with E-state index in [9.17, 15) is 4.79 Å². The molecule has 1 N–H and O–H groups in total. The number of aliphatic hydroxyl groups excluding tert-OH is 1. The number of esters is 1. The van der Waals surface area contributed by atoms with Gasteiger partial charge in [0.2, 0.25) is 0 Å². The van der Waals surface area contributed by atoms with Crippen LogP contribution in [0.15, 0.2) is 72.0 Å². The first kappa shape index (κ1) is 18.2. The zero-order chi connectivity index (χ0) is 18.4. The van der Waals surface area contributed by atoms with Crippen LogP contribution < -0.4 is 0 Å². The second-order valence-corrected chi connectivity index (χ2v) is 6.44. The zero-order valence-corrected chi connectivity index (χ0v) is 15.0. The molecule has 26 heavy (non-hydrogen) atoms. The number of rotatable bonds is 7. The topological polar surface area (TPSA) is 55.8 Å². The number of carbonyl (C=O) groups is 1. The molecule has 0 radical (unpaired) electrons. The summed E-state index contributed by atoms with van der Waals surface area (Å²) in [6, 6.07) is 19.9. The Morgan fingerprint density at radius 1 is 1.04 bits per heavy atom. The Bertz CT molecular complexity index is 726. The molecule has 3 rings (SSSR count). The van der Waals surface area contributed by atoms with Crippen LogP contribution >= 0.6 is 0 Å². The molecule has 1 heterocycles. The second-order valence-electron chi connectivity index (χ2n) is 6.44. The van der Waals surface area contributed by atoms with Crippen molar-refractivity contribution < 1.29 is 19.4 Å². The van der Waals surface area contributed by atoms with Gasteiger partial charge in [-0.15, -0.1) is 0 Å². The maximum atomic E-state index is 12.5. The molecular weight excluding hydrogens is 328 g/mol. The van der Waals surface area contributed by atoms with Gasteiger partial charge in [0.05, 0.1) is 12.2 Å². The summed E-state index contributed by atoms with van der Waals surface area (Å²) in [6.45, 7) is 2.23. The van der Waals surface area contributed by atoms with Gasteiger partial charge >= 0.3 is 5.97 Å². The van der Waals surface area contributed by atoms with E-state index in [0.29, 0.717) is 37.2 Å². The molecule has 0 aliphatic carbocycles. The summed E-state index contributed by atoms with van der Waals surface area (Å²) in [5, 5.41) is 8.84. The van der Waals surface area contributed by atoms with Crippen LogP contribution in [-0.4, -0.2) is 24.3 Å². The van der Waals surface area contributed by atoms with E-state index in [1.165, 1.54) is 0 Å². The van der Waals surface area contributed by atoms with Gasteiger partial charge in [0, 0.05) is 24.2 Å². The summed E-state index contributed by atoms with van der Waals surface area (Å²) in [5.74, 6) is 0.263. The van der Waals surface area contributed by atoms with Crippen molar-refractivity contribution in [1.29, 1.82) is 0 Å². The number of allylic oxidation sites excluding steroid dienone is 1. The van der Waals surface area contributed by atoms with E-state index in [4.69, 9.17) is 14.6 Å². The van der Waals surface area contributed by atoms with Crippen molar-refractivity contribution in [3.8, 4) is 0 Å². The third-order valence-electron chi connectivity index (χ3n) is 4.69. The molecule has 4 heteroatoms. The number of aliphatic hydroxyl groups is 1. The Kier molecular flexibility index (Phi) is 5.74. The molecule has 1 aliphatic heterocycles. The second kappa shape index (κ2) is 8.19. The molecule has 0 atom stereocenters. The average Bonchev–Trinajstić information content (AvgIpc) is 3.05. The van der Waals surface area contributed by atoms with E-state index < -0.39 is 5.60 Å². The van der Waals surface area contributed by atoms with Gasteiger partial charge < -0.3 is 14.6 Å². The van der Waals surface area contributed by atoms with Crippen molar-refractivity contribution >= 4 is 5.97 Å². The van der Waals surface area contributed by atoms with Crippen LogP contribution in [0.4, 0.5) is 0 Å². The van der Waals surface area contributed by atoms with Crippen LogP contribution in [0.3, 0.4) is 0 Å². The van der Waals surface area contributed by atoms with Crippen molar-refractivity contribution in [3.63, 3.8) is 0 Å². The fourth-order valence-corrected chi connectivity index (χ4v) is 3.32. The third kappa shape index (κ3) is 3.65. The van der Waals surface area contributed by atoms with Crippen LogP contribution in [-0.2, 0) is 19.9 Å². The molecule has 0 spiro atoms. The number of hydrogen-bond acceptors (Lipinski definition) is 4. The van der Waals surface area contributed by atoms with Crippen molar-refractivity contribution in [2.24, 2.45) is 0 Å². The monoisotopic (exact) mass is 352 g/mol. The highest BCUT2D eigenvalue weighted by molar-refractivity contribution is 5.90. The van der Waals surface area contributed by atoms with E-state index in [0.717, 1.165) is 11.1 Å². The number of ether oxygens (including phenoxy) is 2. The Morgan fingerprint density at radius 2 is 1.62 bits per heavy atom. The summed E-state index contributed by atoms with van der Waals surface area (Å²) in [7, 11) is 0. The van der Waals surface area contributed by atoms with E-state index in [1.54, 1.807) is 0 Å². The summed E-state index contributed by atoms with van der Waals surface area (Å²) < 4.78 is 11.7. The highest BCUT2D eigenvalue weighted by Crippen LogP contribution is 2.46. The fourth-order valence-electron chi connectivity index (χ4n) is 3.32. The van der Waals surface area contributed by atoms with Gasteiger partial charge in [0.1, 0.15) is 5.76 Å². The number of hydrogen-bond donors (Lipinski definition) is 1. The Hall–Kier alpha value is -2.59. The van der Waals surface area contributed by atoms with Gasteiger partial charge in [-0.05, 0) is 19.8 Å². The molecule has 0 aromatic heterocycles. The van der Waals surface area contributed by atoms with Gasteiger partial charge in [-0.25, -0.2) is 4.79 Å². The zero-order valence-electron chi connectivity index (χ0n) is 15.0. The third-order valence-corrected chi connectivity index (χ3v) is 4.69. The van der Waals surface area contributed by atoms with Crippen LogP contribution in [0.1, 0.15) is 37.3 Å². The Morgan fingerprint density at radius 3 is 2.15 bits per heavy atom. The maximum Gasteiger partial charge on any atom is 0.337 e. The van der Waals surface area contributed by atoms with Crippen LogP contribution in [0.5, 0.6) is 0 Å². The summed E-state index contributed by atoms with van der Waals surface area (Å²) >= 11 is 0. The van der Waals surface area contributed by atoms with Gasteiger partial charge in [-0.1, -0.05) is 60.7 Å². The molecule has 0 unspecified atom stereocenters. The largest absolute Gasteiger partial charge is 0.482 e.